The molecule has 0 spiro atoms. The lowest BCUT2D eigenvalue weighted by molar-refractivity contribution is 0.488. The van der Waals surface area contributed by atoms with E-state index in [1.54, 1.807) is 35.2 Å². The van der Waals surface area contributed by atoms with Crippen molar-refractivity contribution < 1.29 is 8.78 Å². The molecule has 0 aromatic heterocycles. The van der Waals surface area contributed by atoms with Crippen LogP contribution in [0.3, 0.4) is 0 Å². The van der Waals surface area contributed by atoms with Crippen LogP contribution < -0.4 is 10.6 Å². The Balaban J connectivity index is 2.10. The van der Waals surface area contributed by atoms with E-state index in [4.69, 9.17) is 5.73 Å². The van der Waals surface area contributed by atoms with Gasteiger partial charge < -0.3 is 10.6 Å². The highest BCUT2D eigenvalue weighted by Crippen LogP contribution is 2.37. The molecule has 21 heavy (non-hydrogen) atoms. The molecule has 3 nitrogen and oxygen atoms in total. The molecule has 1 heterocycles. The molecule has 0 saturated heterocycles. The summed E-state index contributed by atoms with van der Waals surface area (Å²) in [6.45, 7) is 2.22. The number of hydrogen-bond acceptors (Lipinski definition) is 3. The molecular formula is C16H15F2N3. The topological polar surface area (TPSA) is 41.6 Å². The van der Waals surface area contributed by atoms with E-state index in [1.165, 1.54) is 18.2 Å². The van der Waals surface area contributed by atoms with Crippen molar-refractivity contribution in [1.29, 1.82) is 0 Å². The molecule has 5 heteroatoms. The normalized spacial score (nSPS) is 21.5. The lowest BCUT2D eigenvalue weighted by atomic mass is 9.90. The van der Waals surface area contributed by atoms with Crippen LogP contribution in [0.1, 0.15) is 12.5 Å². The van der Waals surface area contributed by atoms with E-state index < -0.39 is 5.54 Å². The zero-order valence-corrected chi connectivity index (χ0v) is 11.6. The summed E-state index contributed by atoms with van der Waals surface area (Å²) in [5.74, 6) is -0.342. The van der Waals surface area contributed by atoms with E-state index >= 15 is 0 Å². The van der Waals surface area contributed by atoms with Crippen molar-refractivity contribution in [2.24, 2.45) is 10.7 Å². The van der Waals surface area contributed by atoms with Gasteiger partial charge in [0.1, 0.15) is 11.6 Å². The van der Waals surface area contributed by atoms with E-state index in [9.17, 15) is 8.78 Å². The van der Waals surface area contributed by atoms with E-state index in [0.717, 1.165) is 0 Å². The lowest BCUT2D eigenvalue weighted by Crippen LogP contribution is -2.48. The first-order valence-corrected chi connectivity index (χ1v) is 6.63. The van der Waals surface area contributed by atoms with Gasteiger partial charge in [0, 0.05) is 11.3 Å². The van der Waals surface area contributed by atoms with Crippen LogP contribution in [0.4, 0.5) is 14.5 Å². The van der Waals surface area contributed by atoms with Crippen LogP contribution in [-0.4, -0.2) is 12.5 Å². The molecule has 3 rings (SSSR count). The van der Waals surface area contributed by atoms with E-state index in [-0.39, 0.29) is 11.6 Å². The van der Waals surface area contributed by atoms with Crippen LogP contribution in [0.15, 0.2) is 53.5 Å². The van der Waals surface area contributed by atoms with Gasteiger partial charge in [-0.3, -0.25) is 4.99 Å². The molecule has 0 radical (unpaired) electrons. The van der Waals surface area contributed by atoms with E-state index in [2.05, 4.69) is 4.99 Å². The van der Waals surface area contributed by atoms with Gasteiger partial charge in [-0.05, 0) is 37.3 Å². The first kappa shape index (κ1) is 13.5. The SMILES string of the molecule is CC1(c2ccccc2F)CN=C(N)N1c1ccc(F)cc1. The Labute approximate surface area is 121 Å². The number of halogens is 2. The standard InChI is InChI=1S/C16H15F2N3/c1-16(13-4-2-3-5-14(13)18)10-20-15(19)21(16)12-8-6-11(17)7-9-12/h2-9H,10H2,1H3,(H2,19,20). The van der Waals surface area contributed by atoms with Gasteiger partial charge in [-0.25, -0.2) is 8.78 Å². The van der Waals surface area contributed by atoms with Crippen molar-refractivity contribution in [2.75, 3.05) is 11.4 Å². The number of nitrogens with zero attached hydrogens (tertiary/aromatic N) is 2. The molecular weight excluding hydrogens is 272 g/mol. The van der Waals surface area contributed by atoms with Gasteiger partial charge in [-0.15, -0.1) is 0 Å². The van der Waals surface area contributed by atoms with Crippen molar-refractivity contribution in [2.45, 2.75) is 12.5 Å². The Kier molecular flexibility index (Phi) is 3.12. The number of guanidine groups is 1. The minimum absolute atomic E-state index is 0.298. The van der Waals surface area contributed by atoms with Crippen LogP contribution >= 0.6 is 0 Å². The van der Waals surface area contributed by atoms with Gasteiger partial charge in [0.25, 0.3) is 0 Å². The maximum Gasteiger partial charge on any atom is 0.196 e. The van der Waals surface area contributed by atoms with Crippen molar-refractivity contribution in [3.63, 3.8) is 0 Å². The predicted molar refractivity (Wildman–Crippen MR) is 79.1 cm³/mol. The summed E-state index contributed by atoms with van der Waals surface area (Å²) < 4.78 is 27.3. The summed E-state index contributed by atoms with van der Waals surface area (Å²) in [5.41, 5.74) is 6.44. The average molecular weight is 287 g/mol. The molecule has 1 unspecified atom stereocenters. The van der Waals surface area contributed by atoms with Gasteiger partial charge >= 0.3 is 0 Å². The number of nitrogens with two attached hydrogens (primary N) is 1. The van der Waals surface area contributed by atoms with Crippen molar-refractivity contribution in [1.82, 2.24) is 0 Å². The fourth-order valence-electron chi connectivity index (χ4n) is 2.74. The molecule has 0 fully saturated rings. The third-order valence-electron chi connectivity index (χ3n) is 3.81. The summed E-state index contributed by atoms with van der Waals surface area (Å²) >= 11 is 0. The Morgan fingerprint density at radius 3 is 2.43 bits per heavy atom. The summed E-state index contributed by atoms with van der Waals surface area (Å²) in [4.78, 5) is 5.99. The molecule has 2 aromatic rings. The molecule has 108 valence electrons. The first-order chi connectivity index (χ1) is 10.0. The zero-order chi connectivity index (χ0) is 15.0. The molecule has 0 saturated carbocycles. The minimum atomic E-state index is -0.729. The Hall–Kier alpha value is -2.43. The van der Waals surface area contributed by atoms with Gasteiger partial charge in [0.05, 0.1) is 12.1 Å². The van der Waals surface area contributed by atoms with Crippen molar-refractivity contribution in [3.8, 4) is 0 Å². The number of benzene rings is 2. The molecule has 1 atom stereocenters. The van der Waals surface area contributed by atoms with Crippen LogP contribution in [0.2, 0.25) is 0 Å². The van der Waals surface area contributed by atoms with Gasteiger partial charge in [0.15, 0.2) is 5.96 Å². The Morgan fingerprint density at radius 2 is 1.76 bits per heavy atom. The second kappa shape index (κ2) is 4.84. The van der Waals surface area contributed by atoms with Crippen LogP contribution in [0, 0.1) is 11.6 Å². The van der Waals surface area contributed by atoms with Gasteiger partial charge in [0.2, 0.25) is 0 Å². The van der Waals surface area contributed by atoms with Crippen LogP contribution in [0.25, 0.3) is 0 Å². The van der Waals surface area contributed by atoms with E-state index in [1.807, 2.05) is 6.92 Å². The molecule has 2 aromatic carbocycles. The average Bonchev–Trinajstić information content (AvgIpc) is 2.77. The predicted octanol–water partition coefficient (Wildman–Crippen LogP) is 3.01. The summed E-state index contributed by atoms with van der Waals surface area (Å²) in [6, 6.07) is 12.5. The quantitative estimate of drug-likeness (QED) is 0.922. The van der Waals surface area contributed by atoms with Crippen molar-refractivity contribution >= 4 is 11.6 Å². The third-order valence-corrected chi connectivity index (χ3v) is 3.81. The monoisotopic (exact) mass is 287 g/mol. The molecule has 0 aliphatic carbocycles. The molecule has 2 N–H and O–H groups in total. The number of aliphatic imine (C=N–C) groups is 1. The fourth-order valence-corrected chi connectivity index (χ4v) is 2.74. The fraction of sp³-hybridized carbons (Fsp3) is 0.188. The molecule has 1 aliphatic heterocycles. The summed E-state index contributed by atoms with van der Waals surface area (Å²) in [7, 11) is 0. The summed E-state index contributed by atoms with van der Waals surface area (Å²) in [5, 5.41) is 0. The van der Waals surface area contributed by atoms with Crippen LogP contribution in [0.5, 0.6) is 0 Å². The molecule has 0 amide bonds. The summed E-state index contributed by atoms with van der Waals surface area (Å²) in [6.07, 6.45) is 0. The second-order valence-electron chi connectivity index (χ2n) is 5.24. The number of rotatable bonds is 2. The molecule has 1 aliphatic rings. The Morgan fingerprint density at radius 1 is 1.10 bits per heavy atom. The van der Waals surface area contributed by atoms with E-state index in [0.29, 0.717) is 23.8 Å². The highest BCUT2D eigenvalue weighted by molar-refractivity contribution is 5.98. The largest absolute Gasteiger partial charge is 0.369 e. The van der Waals surface area contributed by atoms with Gasteiger partial charge in [-0.2, -0.15) is 0 Å². The smallest absolute Gasteiger partial charge is 0.196 e. The van der Waals surface area contributed by atoms with Gasteiger partial charge in [-0.1, -0.05) is 18.2 Å². The maximum atomic E-state index is 14.2. The number of hydrogen-bond donors (Lipinski definition) is 1. The molecule has 0 bridgehead atoms. The lowest BCUT2D eigenvalue weighted by Gasteiger charge is -2.36. The maximum absolute atomic E-state index is 14.2. The number of anilines is 1. The first-order valence-electron chi connectivity index (χ1n) is 6.63. The highest BCUT2D eigenvalue weighted by atomic mass is 19.1. The van der Waals surface area contributed by atoms with Crippen molar-refractivity contribution in [3.05, 3.63) is 65.7 Å². The van der Waals surface area contributed by atoms with Crippen LogP contribution in [-0.2, 0) is 5.54 Å². The third kappa shape index (κ3) is 2.14. The minimum Gasteiger partial charge on any atom is -0.369 e. The second-order valence-corrected chi connectivity index (χ2v) is 5.24. The Bertz CT molecular complexity index is 697. The highest BCUT2D eigenvalue weighted by Gasteiger charge is 2.42. The zero-order valence-electron chi connectivity index (χ0n) is 11.6.